The minimum atomic E-state index is -3.52. The zero-order chi connectivity index (χ0) is 24.0. The highest BCUT2D eigenvalue weighted by molar-refractivity contribution is 7.89. The summed E-state index contributed by atoms with van der Waals surface area (Å²) in [5.74, 6) is 0.608. The molecule has 34 heavy (non-hydrogen) atoms. The Hall–Kier alpha value is -3.76. The van der Waals surface area contributed by atoms with Crippen LogP contribution in [0.1, 0.15) is 13.3 Å². The lowest BCUT2D eigenvalue weighted by molar-refractivity contribution is 0.475. The van der Waals surface area contributed by atoms with E-state index in [4.69, 9.17) is 0 Å². The van der Waals surface area contributed by atoms with Gasteiger partial charge in [0, 0.05) is 43.2 Å². The molecule has 9 nitrogen and oxygen atoms in total. The molecule has 0 aliphatic carbocycles. The van der Waals surface area contributed by atoms with Gasteiger partial charge in [-0.3, -0.25) is 4.68 Å². The molecule has 4 rings (SSSR count). The Morgan fingerprint density at radius 2 is 1.85 bits per heavy atom. The molecule has 176 valence electrons. The number of phenolic OH excluding ortho intramolecular Hbond substituents is 1. The van der Waals surface area contributed by atoms with Crippen molar-refractivity contribution in [2.75, 3.05) is 18.4 Å². The van der Waals surface area contributed by atoms with Gasteiger partial charge >= 0.3 is 0 Å². The number of anilines is 1. The minimum absolute atomic E-state index is 0.169. The average Bonchev–Trinajstić information content (AvgIpc) is 3.29. The second-order valence-corrected chi connectivity index (χ2v) is 9.32. The predicted molar refractivity (Wildman–Crippen MR) is 131 cm³/mol. The van der Waals surface area contributed by atoms with E-state index in [0.717, 1.165) is 16.8 Å². The highest BCUT2D eigenvalue weighted by Gasteiger charge is 2.15. The van der Waals surface area contributed by atoms with Crippen LogP contribution < -0.4 is 10.0 Å². The van der Waals surface area contributed by atoms with Crippen LogP contribution in [0.3, 0.4) is 0 Å². The van der Waals surface area contributed by atoms with Crippen LogP contribution in [0.5, 0.6) is 5.75 Å². The minimum Gasteiger partial charge on any atom is -0.508 e. The monoisotopic (exact) mass is 478 g/mol. The van der Waals surface area contributed by atoms with Crippen molar-refractivity contribution in [2.24, 2.45) is 0 Å². The van der Waals surface area contributed by atoms with Crippen LogP contribution in [0, 0.1) is 0 Å². The van der Waals surface area contributed by atoms with Gasteiger partial charge in [-0.05, 0) is 43.7 Å². The summed E-state index contributed by atoms with van der Waals surface area (Å²) in [6, 6.07) is 17.0. The van der Waals surface area contributed by atoms with E-state index in [-0.39, 0.29) is 17.2 Å². The summed E-state index contributed by atoms with van der Waals surface area (Å²) in [5, 5.41) is 17.7. The van der Waals surface area contributed by atoms with Crippen molar-refractivity contribution in [3.63, 3.8) is 0 Å². The maximum atomic E-state index is 12.3. The summed E-state index contributed by atoms with van der Waals surface area (Å²) >= 11 is 0. The van der Waals surface area contributed by atoms with Crippen LogP contribution in [0.4, 0.5) is 5.95 Å². The highest BCUT2D eigenvalue weighted by Crippen LogP contribution is 2.31. The lowest BCUT2D eigenvalue weighted by atomic mass is 10.1. The Kier molecular flexibility index (Phi) is 7.19. The molecule has 0 spiro atoms. The number of sulfonamides is 1. The molecule has 4 aromatic rings. The molecule has 0 saturated heterocycles. The number of phenols is 1. The maximum absolute atomic E-state index is 12.3. The van der Waals surface area contributed by atoms with E-state index in [1.165, 1.54) is 0 Å². The average molecular weight is 479 g/mol. The SMILES string of the molecule is CCn1cc(-c2ccnc(NCCCNS(=O)(=O)c3ccccc3)n2)c(-c2cccc(O)c2)n1. The molecule has 2 heterocycles. The number of aromatic nitrogens is 4. The van der Waals surface area contributed by atoms with Crippen LogP contribution >= 0.6 is 0 Å². The zero-order valence-electron chi connectivity index (χ0n) is 18.7. The number of nitrogens with zero attached hydrogens (tertiary/aromatic N) is 4. The first kappa shape index (κ1) is 23.4. The Bertz CT molecular complexity index is 1360. The zero-order valence-corrected chi connectivity index (χ0v) is 19.5. The van der Waals surface area contributed by atoms with Crippen molar-refractivity contribution < 1.29 is 13.5 Å². The molecule has 2 aromatic heterocycles. The topological polar surface area (TPSA) is 122 Å². The third-order valence-corrected chi connectivity index (χ3v) is 6.60. The predicted octanol–water partition coefficient (Wildman–Crippen LogP) is 3.51. The van der Waals surface area contributed by atoms with E-state index in [9.17, 15) is 13.5 Å². The van der Waals surface area contributed by atoms with E-state index >= 15 is 0 Å². The van der Waals surface area contributed by atoms with Crippen molar-refractivity contribution in [3.8, 4) is 28.3 Å². The highest BCUT2D eigenvalue weighted by atomic mass is 32.2. The van der Waals surface area contributed by atoms with E-state index < -0.39 is 10.0 Å². The summed E-state index contributed by atoms with van der Waals surface area (Å²) in [6.07, 6.45) is 4.14. The third-order valence-electron chi connectivity index (χ3n) is 5.12. The fourth-order valence-corrected chi connectivity index (χ4v) is 4.50. The summed E-state index contributed by atoms with van der Waals surface area (Å²) in [5.41, 5.74) is 3.03. The fraction of sp³-hybridized carbons (Fsp3) is 0.208. The Morgan fingerprint density at radius 3 is 2.62 bits per heavy atom. The van der Waals surface area contributed by atoms with Gasteiger partial charge in [0.15, 0.2) is 0 Å². The molecule has 2 aromatic carbocycles. The van der Waals surface area contributed by atoms with Crippen molar-refractivity contribution in [1.82, 2.24) is 24.5 Å². The molecule has 0 radical (unpaired) electrons. The maximum Gasteiger partial charge on any atom is 0.240 e. The van der Waals surface area contributed by atoms with Gasteiger partial charge in [0.2, 0.25) is 16.0 Å². The van der Waals surface area contributed by atoms with Gasteiger partial charge in [-0.1, -0.05) is 30.3 Å². The molecule has 0 aliphatic heterocycles. The number of nitrogens with one attached hydrogen (secondary N) is 2. The molecule has 0 fully saturated rings. The molecule has 0 saturated carbocycles. The van der Waals surface area contributed by atoms with Crippen LogP contribution in [0.2, 0.25) is 0 Å². The van der Waals surface area contributed by atoms with Gasteiger partial charge in [0.25, 0.3) is 0 Å². The largest absolute Gasteiger partial charge is 0.508 e. The third kappa shape index (κ3) is 5.59. The molecule has 0 aliphatic rings. The van der Waals surface area contributed by atoms with Crippen molar-refractivity contribution in [2.45, 2.75) is 24.8 Å². The van der Waals surface area contributed by atoms with E-state index in [1.807, 2.05) is 29.9 Å². The number of aryl methyl sites for hydroxylation is 1. The van der Waals surface area contributed by atoms with Gasteiger partial charge < -0.3 is 10.4 Å². The molecule has 0 amide bonds. The Morgan fingerprint density at radius 1 is 1.03 bits per heavy atom. The van der Waals surface area contributed by atoms with Crippen LogP contribution in [0.15, 0.2) is 78.0 Å². The molecule has 3 N–H and O–H groups in total. The lowest BCUT2D eigenvalue weighted by Crippen LogP contribution is -2.26. The number of hydrogen-bond acceptors (Lipinski definition) is 7. The smallest absolute Gasteiger partial charge is 0.240 e. The van der Waals surface area contributed by atoms with Crippen molar-refractivity contribution in [1.29, 1.82) is 0 Å². The van der Waals surface area contributed by atoms with E-state index in [2.05, 4.69) is 25.1 Å². The molecular weight excluding hydrogens is 452 g/mol. The number of aromatic hydroxyl groups is 1. The number of benzene rings is 2. The molecular formula is C24H26N6O3S. The second kappa shape index (κ2) is 10.4. The normalized spacial score (nSPS) is 11.4. The Balaban J connectivity index is 1.42. The fourth-order valence-electron chi connectivity index (χ4n) is 3.41. The van der Waals surface area contributed by atoms with Crippen molar-refractivity contribution in [3.05, 3.63) is 73.1 Å². The quantitative estimate of drug-likeness (QED) is 0.298. The van der Waals surface area contributed by atoms with E-state index in [1.54, 1.807) is 54.7 Å². The first-order valence-corrected chi connectivity index (χ1v) is 12.4. The standard InChI is InChI=1S/C24H26N6O3S/c1-2-30-17-21(23(29-30)18-8-6-9-19(31)16-18)22-12-15-26-24(28-22)25-13-7-14-27-34(32,33)20-10-4-3-5-11-20/h3-6,8-12,15-17,27,31H,2,7,13-14H2,1H3,(H,25,26,28). The Labute approximate surface area is 198 Å². The van der Waals surface area contributed by atoms with Crippen LogP contribution in [-0.4, -0.2) is 46.4 Å². The van der Waals surface area contributed by atoms with Crippen molar-refractivity contribution >= 4 is 16.0 Å². The second-order valence-electron chi connectivity index (χ2n) is 7.55. The molecule has 0 atom stereocenters. The summed E-state index contributed by atoms with van der Waals surface area (Å²) < 4.78 is 29.0. The molecule has 0 bridgehead atoms. The lowest BCUT2D eigenvalue weighted by Gasteiger charge is -2.08. The first-order chi connectivity index (χ1) is 16.5. The molecule has 10 heteroatoms. The van der Waals surface area contributed by atoms with Gasteiger partial charge in [-0.2, -0.15) is 5.10 Å². The van der Waals surface area contributed by atoms with Crippen LogP contribution in [0.25, 0.3) is 22.5 Å². The number of rotatable bonds is 10. The van der Waals surface area contributed by atoms with Crippen LogP contribution in [-0.2, 0) is 16.6 Å². The van der Waals surface area contributed by atoms with Gasteiger partial charge in [0.1, 0.15) is 11.4 Å². The van der Waals surface area contributed by atoms with Gasteiger partial charge in [-0.25, -0.2) is 23.1 Å². The number of hydrogen-bond donors (Lipinski definition) is 3. The van der Waals surface area contributed by atoms with E-state index in [0.29, 0.717) is 31.2 Å². The summed E-state index contributed by atoms with van der Waals surface area (Å²) in [4.78, 5) is 9.14. The van der Waals surface area contributed by atoms with Gasteiger partial charge in [-0.15, -0.1) is 0 Å². The first-order valence-electron chi connectivity index (χ1n) is 10.9. The van der Waals surface area contributed by atoms with Gasteiger partial charge in [0.05, 0.1) is 10.6 Å². The summed E-state index contributed by atoms with van der Waals surface area (Å²) in [6.45, 7) is 3.48. The molecule has 0 unspecified atom stereocenters. The summed E-state index contributed by atoms with van der Waals surface area (Å²) in [7, 11) is -3.52.